The zero-order valence-electron chi connectivity index (χ0n) is 9.44. The standard InChI is InChI=1S/C14H14OS/c1-15-13-7-3-11(4-8-13)12-5-9-14(16-2)10-6-12/h3-10H,1-2H3. The average molecular weight is 230 g/mol. The Labute approximate surface area is 100 Å². The molecular weight excluding hydrogens is 216 g/mol. The van der Waals surface area contributed by atoms with Gasteiger partial charge in [0.1, 0.15) is 5.75 Å². The van der Waals surface area contributed by atoms with Gasteiger partial charge in [-0.2, -0.15) is 0 Å². The van der Waals surface area contributed by atoms with Gasteiger partial charge in [-0.15, -0.1) is 11.8 Å². The molecule has 0 radical (unpaired) electrons. The molecule has 0 saturated carbocycles. The van der Waals surface area contributed by atoms with E-state index in [-0.39, 0.29) is 0 Å². The molecule has 2 heteroatoms. The van der Waals surface area contributed by atoms with Gasteiger partial charge in [0, 0.05) is 4.90 Å². The second-order valence-corrected chi connectivity index (χ2v) is 4.34. The molecule has 16 heavy (non-hydrogen) atoms. The van der Waals surface area contributed by atoms with Crippen LogP contribution in [0.2, 0.25) is 0 Å². The van der Waals surface area contributed by atoms with E-state index in [1.165, 1.54) is 16.0 Å². The zero-order chi connectivity index (χ0) is 11.4. The number of hydrogen-bond donors (Lipinski definition) is 0. The van der Waals surface area contributed by atoms with Crippen LogP contribution < -0.4 is 4.74 Å². The van der Waals surface area contributed by atoms with Crippen molar-refractivity contribution in [2.75, 3.05) is 13.4 Å². The molecule has 0 unspecified atom stereocenters. The maximum Gasteiger partial charge on any atom is 0.118 e. The van der Waals surface area contributed by atoms with Crippen molar-refractivity contribution in [3.63, 3.8) is 0 Å². The van der Waals surface area contributed by atoms with E-state index >= 15 is 0 Å². The van der Waals surface area contributed by atoms with Gasteiger partial charge in [0.25, 0.3) is 0 Å². The second kappa shape index (κ2) is 5.08. The highest BCUT2D eigenvalue weighted by Crippen LogP contribution is 2.24. The smallest absolute Gasteiger partial charge is 0.118 e. The first kappa shape index (κ1) is 11.1. The second-order valence-electron chi connectivity index (χ2n) is 3.46. The van der Waals surface area contributed by atoms with Crippen LogP contribution in [-0.4, -0.2) is 13.4 Å². The molecule has 0 aliphatic rings. The normalized spacial score (nSPS) is 10.1. The molecule has 0 N–H and O–H groups in total. The quantitative estimate of drug-likeness (QED) is 0.735. The van der Waals surface area contributed by atoms with Crippen LogP contribution in [0.25, 0.3) is 11.1 Å². The van der Waals surface area contributed by atoms with Gasteiger partial charge in [-0.1, -0.05) is 24.3 Å². The monoisotopic (exact) mass is 230 g/mol. The third-order valence-corrected chi connectivity index (χ3v) is 3.26. The predicted molar refractivity (Wildman–Crippen MR) is 70.2 cm³/mol. The summed E-state index contributed by atoms with van der Waals surface area (Å²) in [6.45, 7) is 0. The van der Waals surface area contributed by atoms with Crippen LogP contribution in [-0.2, 0) is 0 Å². The number of ether oxygens (including phenoxy) is 1. The highest BCUT2D eigenvalue weighted by Gasteiger charge is 1.98. The topological polar surface area (TPSA) is 9.23 Å². The summed E-state index contributed by atoms with van der Waals surface area (Å²) in [6, 6.07) is 16.7. The Hall–Kier alpha value is -1.41. The van der Waals surface area contributed by atoms with Crippen molar-refractivity contribution in [3.05, 3.63) is 48.5 Å². The Kier molecular flexibility index (Phi) is 3.52. The molecule has 1 nitrogen and oxygen atoms in total. The summed E-state index contributed by atoms with van der Waals surface area (Å²) in [7, 11) is 1.68. The lowest BCUT2D eigenvalue weighted by molar-refractivity contribution is 0.415. The fourth-order valence-electron chi connectivity index (χ4n) is 1.57. The fraction of sp³-hybridized carbons (Fsp3) is 0.143. The number of methoxy groups -OCH3 is 1. The van der Waals surface area contributed by atoms with Crippen LogP contribution in [0.15, 0.2) is 53.4 Å². The molecule has 0 heterocycles. The molecule has 0 amide bonds. The first-order chi connectivity index (χ1) is 7.83. The van der Waals surface area contributed by atoms with Crippen molar-refractivity contribution in [2.45, 2.75) is 4.90 Å². The molecule has 0 aliphatic carbocycles. The Bertz CT molecular complexity index is 400. The van der Waals surface area contributed by atoms with Gasteiger partial charge in [-0.3, -0.25) is 0 Å². The maximum absolute atomic E-state index is 5.14. The molecule has 0 aromatic heterocycles. The van der Waals surface area contributed by atoms with Crippen LogP contribution in [0, 0.1) is 0 Å². The van der Waals surface area contributed by atoms with Gasteiger partial charge < -0.3 is 4.74 Å². The molecule has 0 saturated heterocycles. The third kappa shape index (κ3) is 2.39. The molecule has 0 fully saturated rings. The van der Waals surface area contributed by atoms with Crippen LogP contribution in [0.3, 0.4) is 0 Å². The highest BCUT2D eigenvalue weighted by molar-refractivity contribution is 7.98. The van der Waals surface area contributed by atoms with Gasteiger partial charge in [0.2, 0.25) is 0 Å². The number of thioether (sulfide) groups is 1. The summed E-state index contributed by atoms with van der Waals surface area (Å²) in [6.07, 6.45) is 2.09. The maximum atomic E-state index is 5.14. The molecule has 0 spiro atoms. The van der Waals surface area contributed by atoms with E-state index in [0.717, 1.165) is 5.75 Å². The first-order valence-corrected chi connectivity index (χ1v) is 6.34. The van der Waals surface area contributed by atoms with E-state index < -0.39 is 0 Å². The van der Waals surface area contributed by atoms with Crippen molar-refractivity contribution in [1.82, 2.24) is 0 Å². The van der Waals surface area contributed by atoms with E-state index in [1.54, 1.807) is 18.9 Å². The van der Waals surface area contributed by atoms with Gasteiger partial charge in [0.15, 0.2) is 0 Å². The summed E-state index contributed by atoms with van der Waals surface area (Å²) in [5, 5.41) is 0. The summed E-state index contributed by atoms with van der Waals surface area (Å²) in [4.78, 5) is 1.29. The molecule has 0 atom stereocenters. The molecule has 2 rings (SSSR count). The average Bonchev–Trinajstić information content (AvgIpc) is 2.39. The summed E-state index contributed by atoms with van der Waals surface area (Å²) in [5.41, 5.74) is 2.45. The van der Waals surface area contributed by atoms with Crippen LogP contribution in [0.1, 0.15) is 0 Å². The Morgan fingerprint density at radius 3 is 1.75 bits per heavy atom. The van der Waals surface area contributed by atoms with Crippen molar-refractivity contribution in [2.24, 2.45) is 0 Å². The number of benzene rings is 2. The van der Waals surface area contributed by atoms with Crippen LogP contribution in [0.5, 0.6) is 5.75 Å². The largest absolute Gasteiger partial charge is 0.497 e. The van der Waals surface area contributed by atoms with E-state index in [1.807, 2.05) is 12.1 Å². The SMILES string of the molecule is COc1ccc(-c2ccc(SC)cc2)cc1. The van der Waals surface area contributed by atoms with Crippen LogP contribution >= 0.6 is 11.8 Å². The van der Waals surface area contributed by atoms with E-state index in [2.05, 4.69) is 42.7 Å². The predicted octanol–water partition coefficient (Wildman–Crippen LogP) is 4.08. The minimum Gasteiger partial charge on any atom is -0.497 e. The van der Waals surface area contributed by atoms with Gasteiger partial charge in [-0.05, 0) is 41.6 Å². The number of rotatable bonds is 3. The third-order valence-electron chi connectivity index (χ3n) is 2.51. The summed E-state index contributed by atoms with van der Waals surface area (Å²) in [5.74, 6) is 0.893. The van der Waals surface area contributed by atoms with E-state index in [9.17, 15) is 0 Å². The minimum absolute atomic E-state index is 0.893. The van der Waals surface area contributed by atoms with Crippen molar-refractivity contribution < 1.29 is 4.74 Å². The van der Waals surface area contributed by atoms with Gasteiger partial charge in [-0.25, -0.2) is 0 Å². The van der Waals surface area contributed by atoms with E-state index in [4.69, 9.17) is 4.74 Å². The fourth-order valence-corrected chi connectivity index (χ4v) is 1.98. The minimum atomic E-state index is 0.893. The lowest BCUT2D eigenvalue weighted by Gasteiger charge is -2.04. The summed E-state index contributed by atoms with van der Waals surface area (Å²) < 4.78 is 5.14. The lowest BCUT2D eigenvalue weighted by Crippen LogP contribution is -1.82. The zero-order valence-corrected chi connectivity index (χ0v) is 10.3. The highest BCUT2D eigenvalue weighted by atomic mass is 32.2. The van der Waals surface area contributed by atoms with Crippen molar-refractivity contribution in [3.8, 4) is 16.9 Å². The van der Waals surface area contributed by atoms with Gasteiger partial charge in [0.05, 0.1) is 7.11 Å². The summed E-state index contributed by atoms with van der Waals surface area (Å²) >= 11 is 1.76. The molecular formula is C14H14OS. The molecule has 2 aromatic carbocycles. The Morgan fingerprint density at radius 2 is 1.31 bits per heavy atom. The lowest BCUT2D eigenvalue weighted by atomic mass is 10.1. The van der Waals surface area contributed by atoms with Crippen molar-refractivity contribution in [1.29, 1.82) is 0 Å². The molecule has 0 aliphatic heterocycles. The first-order valence-electron chi connectivity index (χ1n) is 5.12. The van der Waals surface area contributed by atoms with Gasteiger partial charge >= 0.3 is 0 Å². The van der Waals surface area contributed by atoms with E-state index in [0.29, 0.717) is 0 Å². The van der Waals surface area contributed by atoms with Crippen LogP contribution in [0.4, 0.5) is 0 Å². The van der Waals surface area contributed by atoms with Crippen molar-refractivity contribution >= 4 is 11.8 Å². The molecule has 0 bridgehead atoms. The Morgan fingerprint density at radius 1 is 0.812 bits per heavy atom. The Balaban J connectivity index is 2.28. The number of hydrogen-bond acceptors (Lipinski definition) is 2. The molecule has 82 valence electrons. The molecule has 2 aromatic rings.